The molecule has 3 rings (SSSR count). The summed E-state index contributed by atoms with van der Waals surface area (Å²) in [7, 11) is 0. The van der Waals surface area contributed by atoms with Gasteiger partial charge >= 0.3 is 0 Å². The molecule has 1 amide bonds. The lowest BCUT2D eigenvalue weighted by Gasteiger charge is -2.23. The Morgan fingerprint density at radius 3 is 2.74 bits per heavy atom. The predicted molar refractivity (Wildman–Crippen MR) is 72.9 cm³/mol. The molecule has 3 nitrogen and oxygen atoms in total. The molecule has 98 valence electrons. The lowest BCUT2D eigenvalue weighted by Crippen LogP contribution is -2.30. The van der Waals surface area contributed by atoms with Crippen LogP contribution in [-0.4, -0.2) is 17.4 Å². The van der Waals surface area contributed by atoms with Crippen molar-refractivity contribution in [3.8, 4) is 0 Å². The van der Waals surface area contributed by atoms with Crippen molar-refractivity contribution >= 4 is 5.91 Å². The number of carbonyl (C=O) groups is 1. The zero-order valence-corrected chi connectivity index (χ0v) is 11.0. The average molecular weight is 255 g/mol. The summed E-state index contributed by atoms with van der Waals surface area (Å²) in [5, 5.41) is 0. The maximum atomic E-state index is 12.5. The van der Waals surface area contributed by atoms with E-state index in [0.717, 1.165) is 30.7 Å². The van der Waals surface area contributed by atoms with Gasteiger partial charge < -0.3 is 9.32 Å². The quantitative estimate of drug-likeness (QED) is 0.822. The van der Waals surface area contributed by atoms with E-state index in [1.165, 1.54) is 5.56 Å². The summed E-state index contributed by atoms with van der Waals surface area (Å²) >= 11 is 0. The summed E-state index contributed by atoms with van der Waals surface area (Å²) in [6.07, 6.45) is 3.68. The first-order chi connectivity index (χ1) is 9.25. The minimum Gasteiger partial charge on any atom is -0.467 e. The van der Waals surface area contributed by atoms with E-state index < -0.39 is 0 Å². The van der Waals surface area contributed by atoms with E-state index in [1.54, 1.807) is 6.26 Å². The van der Waals surface area contributed by atoms with Crippen molar-refractivity contribution in [1.29, 1.82) is 0 Å². The first kappa shape index (κ1) is 12.0. The van der Waals surface area contributed by atoms with Crippen LogP contribution in [-0.2, 0) is 0 Å². The molecule has 19 heavy (non-hydrogen) atoms. The molecule has 1 aliphatic heterocycles. The molecule has 2 heterocycles. The second-order valence-electron chi connectivity index (χ2n) is 5.04. The average Bonchev–Trinajstić information content (AvgIpc) is 3.09. The number of benzene rings is 1. The molecule has 0 radical (unpaired) electrons. The number of amides is 1. The first-order valence-electron chi connectivity index (χ1n) is 6.67. The van der Waals surface area contributed by atoms with Gasteiger partial charge in [-0.25, -0.2) is 0 Å². The summed E-state index contributed by atoms with van der Waals surface area (Å²) in [6, 6.07) is 11.7. The topological polar surface area (TPSA) is 33.5 Å². The molecule has 0 saturated carbocycles. The Bertz CT molecular complexity index is 557. The van der Waals surface area contributed by atoms with Crippen LogP contribution in [0.3, 0.4) is 0 Å². The van der Waals surface area contributed by atoms with Gasteiger partial charge in [-0.15, -0.1) is 0 Å². The Hall–Kier alpha value is -2.03. The molecule has 0 aliphatic carbocycles. The molecule has 2 aromatic rings. The fraction of sp³-hybridized carbons (Fsp3) is 0.312. The van der Waals surface area contributed by atoms with Crippen LogP contribution in [0, 0.1) is 6.92 Å². The SMILES string of the molecule is Cc1ccc(C(=O)N2CCC[C@H]2c2ccco2)cc1. The Balaban J connectivity index is 1.84. The van der Waals surface area contributed by atoms with E-state index in [2.05, 4.69) is 0 Å². The van der Waals surface area contributed by atoms with Crippen molar-refractivity contribution in [3.63, 3.8) is 0 Å². The van der Waals surface area contributed by atoms with Crippen molar-refractivity contribution in [2.75, 3.05) is 6.54 Å². The molecule has 3 heteroatoms. The van der Waals surface area contributed by atoms with Gasteiger partial charge in [-0.1, -0.05) is 17.7 Å². The molecule has 0 N–H and O–H groups in total. The van der Waals surface area contributed by atoms with Gasteiger partial charge in [0, 0.05) is 12.1 Å². The zero-order valence-electron chi connectivity index (χ0n) is 11.0. The number of furan rings is 1. The molecule has 1 fully saturated rings. The number of aryl methyl sites for hydroxylation is 1. The van der Waals surface area contributed by atoms with Crippen LogP contribution in [0.2, 0.25) is 0 Å². The van der Waals surface area contributed by atoms with Crippen LogP contribution in [0.4, 0.5) is 0 Å². The van der Waals surface area contributed by atoms with Crippen LogP contribution in [0.15, 0.2) is 47.1 Å². The van der Waals surface area contributed by atoms with Gasteiger partial charge in [0.2, 0.25) is 0 Å². The molecule has 1 atom stereocenters. The lowest BCUT2D eigenvalue weighted by atomic mass is 10.1. The minimum atomic E-state index is 0.0869. The molecule has 1 aromatic heterocycles. The van der Waals surface area contributed by atoms with E-state index in [1.807, 2.05) is 48.2 Å². The molecule has 1 saturated heterocycles. The fourth-order valence-electron chi connectivity index (χ4n) is 2.65. The normalized spacial score (nSPS) is 18.8. The Morgan fingerprint density at radius 1 is 1.26 bits per heavy atom. The van der Waals surface area contributed by atoms with Gasteiger partial charge in [-0.05, 0) is 44.0 Å². The molecule has 1 aromatic carbocycles. The molecule has 0 spiro atoms. The zero-order chi connectivity index (χ0) is 13.2. The monoisotopic (exact) mass is 255 g/mol. The van der Waals surface area contributed by atoms with Crippen molar-refractivity contribution in [1.82, 2.24) is 4.90 Å². The van der Waals surface area contributed by atoms with Gasteiger partial charge in [0.15, 0.2) is 0 Å². The van der Waals surface area contributed by atoms with E-state index in [0.29, 0.717) is 0 Å². The highest BCUT2D eigenvalue weighted by Crippen LogP contribution is 2.33. The summed E-state index contributed by atoms with van der Waals surface area (Å²) in [6.45, 7) is 2.83. The number of rotatable bonds is 2. The number of hydrogen-bond acceptors (Lipinski definition) is 2. The summed E-state index contributed by atoms with van der Waals surface area (Å²) in [4.78, 5) is 14.5. The Labute approximate surface area is 112 Å². The number of carbonyl (C=O) groups excluding carboxylic acids is 1. The lowest BCUT2D eigenvalue weighted by molar-refractivity contribution is 0.0720. The highest BCUT2D eigenvalue weighted by molar-refractivity contribution is 5.94. The largest absolute Gasteiger partial charge is 0.467 e. The van der Waals surface area contributed by atoms with Crippen LogP contribution >= 0.6 is 0 Å². The smallest absolute Gasteiger partial charge is 0.254 e. The second-order valence-corrected chi connectivity index (χ2v) is 5.04. The van der Waals surface area contributed by atoms with Crippen molar-refractivity contribution in [2.45, 2.75) is 25.8 Å². The summed E-state index contributed by atoms with van der Waals surface area (Å²) in [5.74, 6) is 0.983. The third-order valence-electron chi connectivity index (χ3n) is 3.68. The van der Waals surface area contributed by atoms with Gasteiger partial charge in [0.05, 0.1) is 12.3 Å². The van der Waals surface area contributed by atoms with Crippen LogP contribution in [0.5, 0.6) is 0 Å². The second kappa shape index (κ2) is 4.92. The Morgan fingerprint density at radius 2 is 2.05 bits per heavy atom. The fourth-order valence-corrected chi connectivity index (χ4v) is 2.65. The minimum absolute atomic E-state index is 0.0869. The van der Waals surface area contributed by atoms with Gasteiger partial charge in [0.1, 0.15) is 5.76 Å². The third-order valence-corrected chi connectivity index (χ3v) is 3.68. The Kier molecular flexibility index (Phi) is 3.11. The van der Waals surface area contributed by atoms with Gasteiger partial charge in [0.25, 0.3) is 5.91 Å². The highest BCUT2D eigenvalue weighted by atomic mass is 16.3. The van der Waals surface area contributed by atoms with Crippen LogP contribution in [0.1, 0.15) is 40.6 Å². The van der Waals surface area contributed by atoms with Crippen molar-refractivity contribution in [3.05, 3.63) is 59.5 Å². The van der Waals surface area contributed by atoms with Gasteiger partial charge in [-0.2, -0.15) is 0 Å². The number of hydrogen-bond donors (Lipinski definition) is 0. The summed E-state index contributed by atoms with van der Waals surface area (Å²) in [5.41, 5.74) is 1.92. The van der Waals surface area contributed by atoms with E-state index in [9.17, 15) is 4.79 Å². The number of nitrogens with zero attached hydrogens (tertiary/aromatic N) is 1. The maximum absolute atomic E-state index is 12.5. The molecular formula is C16H17NO2. The molecular weight excluding hydrogens is 238 g/mol. The van der Waals surface area contributed by atoms with Crippen molar-refractivity contribution < 1.29 is 9.21 Å². The van der Waals surface area contributed by atoms with E-state index >= 15 is 0 Å². The van der Waals surface area contributed by atoms with Crippen molar-refractivity contribution in [2.24, 2.45) is 0 Å². The predicted octanol–water partition coefficient (Wildman–Crippen LogP) is 3.57. The third kappa shape index (κ3) is 2.28. The van der Waals surface area contributed by atoms with E-state index in [-0.39, 0.29) is 11.9 Å². The van der Waals surface area contributed by atoms with E-state index in [4.69, 9.17) is 4.42 Å². The highest BCUT2D eigenvalue weighted by Gasteiger charge is 2.32. The van der Waals surface area contributed by atoms with Crippen LogP contribution in [0.25, 0.3) is 0 Å². The standard InChI is InChI=1S/C16H17NO2/c1-12-6-8-13(9-7-12)16(18)17-10-2-4-14(17)15-5-3-11-19-15/h3,5-9,11,14H,2,4,10H2,1H3/t14-/m0/s1. The van der Waals surface area contributed by atoms with Crippen LogP contribution < -0.4 is 0 Å². The first-order valence-corrected chi connectivity index (χ1v) is 6.67. The van der Waals surface area contributed by atoms with Gasteiger partial charge in [-0.3, -0.25) is 4.79 Å². The number of likely N-dealkylation sites (tertiary alicyclic amines) is 1. The molecule has 0 bridgehead atoms. The maximum Gasteiger partial charge on any atom is 0.254 e. The molecule has 0 unspecified atom stereocenters. The molecule has 1 aliphatic rings. The summed E-state index contributed by atoms with van der Waals surface area (Å²) < 4.78 is 5.46.